The Labute approximate surface area is 94.5 Å². The zero-order valence-electron chi connectivity index (χ0n) is 10.6. The van der Waals surface area contributed by atoms with E-state index in [0.717, 1.165) is 26.2 Å². The Hall–Kier alpha value is -0.590. The molecule has 0 aromatic heterocycles. The SMILES string of the molecule is CCCNCC(C)CN(C)CC(C)C#N. The molecule has 0 spiro atoms. The zero-order chi connectivity index (χ0) is 11.7. The first-order chi connectivity index (χ1) is 7.10. The standard InChI is InChI=1S/C12H25N3/c1-5-6-14-8-12(3)10-15(4)9-11(2)7-13/h11-12,14H,5-6,8-10H2,1-4H3. The summed E-state index contributed by atoms with van der Waals surface area (Å²) in [5, 5.41) is 12.1. The Kier molecular flexibility index (Phi) is 8.35. The molecule has 0 radical (unpaired) electrons. The van der Waals surface area contributed by atoms with Gasteiger partial charge in [-0.3, -0.25) is 0 Å². The first kappa shape index (κ1) is 14.4. The van der Waals surface area contributed by atoms with Gasteiger partial charge in [-0.05, 0) is 39.4 Å². The summed E-state index contributed by atoms with van der Waals surface area (Å²) in [6.07, 6.45) is 1.19. The van der Waals surface area contributed by atoms with E-state index in [4.69, 9.17) is 5.26 Å². The topological polar surface area (TPSA) is 39.1 Å². The van der Waals surface area contributed by atoms with Gasteiger partial charge in [-0.25, -0.2) is 0 Å². The minimum atomic E-state index is 0.130. The Morgan fingerprint density at radius 3 is 2.53 bits per heavy atom. The quantitative estimate of drug-likeness (QED) is 0.621. The number of hydrogen-bond donors (Lipinski definition) is 1. The average molecular weight is 211 g/mol. The first-order valence-electron chi connectivity index (χ1n) is 5.89. The van der Waals surface area contributed by atoms with E-state index in [2.05, 4.69) is 37.2 Å². The van der Waals surface area contributed by atoms with Gasteiger partial charge in [0.25, 0.3) is 0 Å². The van der Waals surface area contributed by atoms with Crippen molar-refractivity contribution in [3.05, 3.63) is 0 Å². The highest BCUT2D eigenvalue weighted by molar-refractivity contribution is 4.81. The van der Waals surface area contributed by atoms with Crippen molar-refractivity contribution in [3.8, 4) is 6.07 Å². The molecule has 0 aliphatic heterocycles. The van der Waals surface area contributed by atoms with E-state index in [1.54, 1.807) is 0 Å². The van der Waals surface area contributed by atoms with E-state index in [1.165, 1.54) is 6.42 Å². The maximum Gasteiger partial charge on any atom is 0.0666 e. The molecule has 3 heteroatoms. The molecule has 0 aromatic carbocycles. The molecule has 0 saturated carbocycles. The molecule has 0 aromatic rings. The lowest BCUT2D eigenvalue weighted by atomic mass is 10.1. The molecule has 1 N–H and O–H groups in total. The van der Waals surface area contributed by atoms with Gasteiger partial charge in [0.1, 0.15) is 0 Å². The third-order valence-corrected chi connectivity index (χ3v) is 2.35. The second-order valence-corrected chi connectivity index (χ2v) is 4.56. The highest BCUT2D eigenvalue weighted by Crippen LogP contribution is 2.00. The molecule has 3 nitrogen and oxygen atoms in total. The van der Waals surface area contributed by atoms with Gasteiger partial charge in [0.15, 0.2) is 0 Å². The predicted octanol–water partition coefficient (Wildman–Crippen LogP) is 1.71. The van der Waals surface area contributed by atoms with Crippen LogP contribution >= 0.6 is 0 Å². The molecule has 0 fully saturated rings. The van der Waals surface area contributed by atoms with Gasteiger partial charge >= 0.3 is 0 Å². The molecule has 0 amide bonds. The van der Waals surface area contributed by atoms with Gasteiger partial charge in [0, 0.05) is 13.1 Å². The van der Waals surface area contributed by atoms with Crippen molar-refractivity contribution in [2.24, 2.45) is 11.8 Å². The first-order valence-corrected chi connectivity index (χ1v) is 5.89. The summed E-state index contributed by atoms with van der Waals surface area (Å²) in [5.41, 5.74) is 0. The third-order valence-electron chi connectivity index (χ3n) is 2.35. The molecular weight excluding hydrogens is 186 g/mol. The fourth-order valence-corrected chi connectivity index (χ4v) is 1.70. The third kappa shape index (κ3) is 8.41. The summed E-state index contributed by atoms with van der Waals surface area (Å²) < 4.78 is 0. The number of rotatable bonds is 8. The van der Waals surface area contributed by atoms with Crippen LogP contribution in [0.25, 0.3) is 0 Å². The van der Waals surface area contributed by atoms with Crippen LogP contribution in [0.15, 0.2) is 0 Å². The van der Waals surface area contributed by atoms with Crippen LogP contribution in [0, 0.1) is 23.2 Å². The smallest absolute Gasteiger partial charge is 0.0666 e. The molecule has 15 heavy (non-hydrogen) atoms. The van der Waals surface area contributed by atoms with Crippen molar-refractivity contribution in [2.75, 3.05) is 33.2 Å². The Balaban J connectivity index is 3.58. The van der Waals surface area contributed by atoms with Crippen LogP contribution in [-0.2, 0) is 0 Å². The lowest BCUT2D eigenvalue weighted by Crippen LogP contribution is -2.33. The van der Waals surface area contributed by atoms with Crippen molar-refractivity contribution in [3.63, 3.8) is 0 Å². The molecule has 0 aliphatic rings. The van der Waals surface area contributed by atoms with Gasteiger partial charge in [0.05, 0.1) is 12.0 Å². The number of hydrogen-bond acceptors (Lipinski definition) is 3. The van der Waals surface area contributed by atoms with Crippen molar-refractivity contribution in [2.45, 2.75) is 27.2 Å². The minimum absolute atomic E-state index is 0.130. The number of nitriles is 1. The Morgan fingerprint density at radius 1 is 1.33 bits per heavy atom. The maximum absolute atomic E-state index is 8.70. The lowest BCUT2D eigenvalue weighted by Gasteiger charge is -2.22. The van der Waals surface area contributed by atoms with Crippen molar-refractivity contribution in [1.29, 1.82) is 5.26 Å². The van der Waals surface area contributed by atoms with E-state index in [-0.39, 0.29) is 5.92 Å². The second kappa shape index (κ2) is 8.70. The minimum Gasteiger partial charge on any atom is -0.316 e. The van der Waals surface area contributed by atoms with Crippen LogP contribution in [0.1, 0.15) is 27.2 Å². The van der Waals surface area contributed by atoms with Crippen LogP contribution in [0.4, 0.5) is 0 Å². The Morgan fingerprint density at radius 2 is 2.00 bits per heavy atom. The Bertz CT molecular complexity index is 186. The van der Waals surface area contributed by atoms with Crippen molar-refractivity contribution in [1.82, 2.24) is 10.2 Å². The van der Waals surface area contributed by atoms with Crippen LogP contribution in [0.5, 0.6) is 0 Å². The summed E-state index contributed by atoms with van der Waals surface area (Å²) in [4.78, 5) is 2.24. The van der Waals surface area contributed by atoms with Gasteiger partial charge < -0.3 is 10.2 Å². The summed E-state index contributed by atoms with van der Waals surface area (Å²) in [6.45, 7) is 10.5. The predicted molar refractivity (Wildman–Crippen MR) is 64.6 cm³/mol. The zero-order valence-corrected chi connectivity index (χ0v) is 10.6. The normalized spacial score (nSPS) is 14.9. The summed E-state index contributed by atoms with van der Waals surface area (Å²) in [5.74, 6) is 0.776. The fraction of sp³-hybridized carbons (Fsp3) is 0.917. The summed E-state index contributed by atoms with van der Waals surface area (Å²) >= 11 is 0. The van der Waals surface area contributed by atoms with Crippen LogP contribution in [0.2, 0.25) is 0 Å². The highest BCUT2D eigenvalue weighted by atomic mass is 15.1. The fourth-order valence-electron chi connectivity index (χ4n) is 1.70. The van der Waals surface area contributed by atoms with E-state index in [1.807, 2.05) is 6.92 Å². The molecule has 2 unspecified atom stereocenters. The van der Waals surface area contributed by atoms with E-state index < -0.39 is 0 Å². The maximum atomic E-state index is 8.70. The molecule has 0 aliphatic carbocycles. The van der Waals surface area contributed by atoms with E-state index in [0.29, 0.717) is 5.92 Å². The van der Waals surface area contributed by atoms with Crippen LogP contribution in [-0.4, -0.2) is 38.1 Å². The summed E-state index contributed by atoms with van der Waals surface area (Å²) in [6, 6.07) is 2.26. The van der Waals surface area contributed by atoms with E-state index in [9.17, 15) is 0 Å². The van der Waals surface area contributed by atoms with Crippen LogP contribution < -0.4 is 5.32 Å². The molecular formula is C12H25N3. The largest absolute Gasteiger partial charge is 0.316 e. The average Bonchev–Trinajstić information content (AvgIpc) is 2.17. The molecule has 2 atom stereocenters. The van der Waals surface area contributed by atoms with Gasteiger partial charge in [-0.2, -0.15) is 5.26 Å². The van der Waals surface area contributed by atoms with Gasteiger partial charge in [-0.15, -0.1) is 0 Å². The van der Waals surface area contributed by atoms with Crippen molar-refractivity contribution < 1.29 is 0 Å². The molecule has 0 rings (SSSR count). The van der Waals surface area contributed by atoms with Gasteiger partial charge in [0.2, 0.25) is 0 Å². The second-order valence-electron chi connectivity index (χ2n) is 4.56. The lowest BCUT2D eigenvalue weighted by molar-refractivity contribution is 0.265. The molecule has 0 bridgehead atoms. The number of nitrogens with zero attached hydrogens (tertiary/aromatic N) is 2. The molecule has 0 saturated heterocycles. The number of nitrogens with one attached hydrogen (secondary N) is 1. The van der Waals surface area contributed by atoms with Gasteiger partial charge in [-0.1, -0.05) is 13.8 Å². The monoisotopic (exact) mass is 211 g/mol. The van der Waals surface area contributed by atoms with Crippen molar-refractivity contribution >= 4 is 0 Å². The van der Waals surface area contributed by atoms with E-state index >= 15 is 0 Å². The van der Waals surface area contributed by atoms with Crippen LogP contribution in [0.3, 0.4) is 0 Å². The highest BCUT2D eigenvalue weighted by Gasteiger charge is 2.08. The summed E-state index contributed by atoms with van der Waals surface area (Å²) in [7, 11) is 2.09. The molecule has 88 valence electrons. The molecule has 0 heterocycles.